The summed E-state index contributed by atoms with van der Waals surface area (Å²) in [5.41, 5.74) is 0. The van der Waals surface area contributed by atoms with E-state index in [4.69, 9.17) is 8.85 Å². The highest BCUT2D eigenvalue weighted by Gasteiger charge is 2.27. The Balaban J connectivity index is 1.65. The van der Waals surface area contributed by atoms with Gasteiger partial charge in [-0.25, -0.2) is 0 Å². The Labute approximate surface area is 119 Å². The molecule has 0 N–H and O–H groups in total. The molecule has 0 saturated heterocycles. The van der Waals surface area contributed by atoms with Crippen LogP contribution in [0.5, 0.6) is 0 Å². The van der Waals surface area contributed by atoms with Crippen molar-refractivity contribution in [1.82, 2.24) is 0 Å². The Hall–Kier alpha value is -0.383. The van der Waals surface area contributed by atoms with Crippen LogP contribution in [0.2, 0.25) is 13.1 Å². The second-order valence-electron chi connectivity index (χ2n) is 6.32. The van der Waals surface area contributed by atoms with Gasteiger partial charge in [-0.2, -0.15) is 0 Å². The van der Waals surface area contributed by atoms with E-state index >= 15 is 0 Å². The molecule has 0 aromatic carbocycles. The maximum atomic E-state index is 6.12. The zero-order valence-corrected chi connectivity index (χ0v) is 13.4. The van der Waals surface area contributed by atoms with E-state index in [2.05, 4.69) is 37.4 Å². The fourth-order valence-corrected chi connectivity index (χ4v) is 4.05. The second-order valence-corrected chi connectivity index (χ2v) is 9.70. The zero-order valence-electron chi connectivity index (χ0n) is 12.4. The summed E-state index contributed by atoms with van der Waals surface area (Å²) in [6.07, 6.45) is 16.5. The van der Waals surface area contributed by atoms with Crippen molar-refractivity contribution in [3.63, 3.8) is 0 Å². The molecule has 2 rings (SSSR count). The molecule has 0 fully saturated rings. The van der Waals surface area contributed by atoms with Crippen LogP contribution in [0, 0.1) is 11.8 Å². The molecule has 0 spiro atoms. The molecule has 0 aromatic heterocycles. The monoisotopic (exact) mass is 280 g/mol. The molecule has 0 radical (unpaired) electrons. The quantitative estimate of drug-likeness (QED) is 0.529. The van der Waals surface area contributed by atoms with E-state index in [1.54, 1.807) is 0 Å². The SMILES string of the molecule is C[Si](C)(OC[C@H]1CC=CCC1)OC[C@H]1CC=CCC1. The normalized spacial score (nSPS) is 27.7. The molecule has 108 valence electrons. The first-order valence-electron chi connectivity index (χ1n) is 7.73. The van der Waals surface area contributed by atoms with Gasteiger partial charge in [-0.3, -0.25) is 0 Å². The third-order valence-corrected chi connectivity index (χ3v) is 5.81. The molecule has 0 heterocycles. The maximum absolute atomic E-state index is 6.12. The van der Waals surface area contributed by atoms with Gasteiger partial charge in [-0.1, -0.05) is 24.3 Å². The molecule has 2 aliphatic rings. The predicted molar refractivity (Wildman–Crippen MR) is 82.3 cm³/mol. The molecule has 0 bridgehead atoms. The fourth-order valence-electron chi connectivity index (χ4n) is 2.69. The Morgan fingerprint density at radius 1 is 0.842 bits per heavy atom. The summed E-state index contributed by atoms with van der Waals surface area (Å²) < 4.78 is 12.2. The number of rotatable bonds is 6. The van der Waals surface area contributed by atoms with Crippen LogP contribution in [-0.2, 0) is 8.85 Å². The Morgan fingerprint density at radius 3 is 1.68 bits per heavy atom. The smallest absolute Gasteiger partial charge is 0.331 e. The Kier molecular flexibility index (Phi) is 5.86. The average Bonchev–Trinajstić information content (AvgIpc) is 2.46. The Bertz CT molecular complexity index is 293. The summed E-state index contributed by atoms with van der Waals surface area (Å²) in [6.45, 7) is 6.14. The third-order valence-electron chi connectivity index (χ3n) is 4.09. The van der Waals surface area contributed by atoms with Crippen molar-refractivity contribution >= 4 is 8.56 Å². The predicted octanol–water partition coefficient (Wildman–Crippen LogP) is 4.43. The molecular weight excluding hydrogens is 252 g/mol. The van der Waals surface area contributed by atoms with Crippen LogP contribution in [0.25, 0.3) is 0 Å². The summed E-state index contributed by atoms with van der Waals surface area (Å²) >= 11 is 0. The van der Waals surface area contributed by atoms with Gasteiger partial charge in [0.2, 0.25) is 0 Å². The number of allylic oxidation sites excluding steroid dienone is 4. The van der Waals surface area contributed by atoms with Crippen LogP contribution >= 0.6 is 0 Å². The van der Waals surface area contributed by atoms with Crippen molar-refractivity contribution in [3.05, 3.63) is 24.3 Å². The summed E-state index contributed by atoms with van der Waals surface area (Å²) in [6, 6.07) is 0. The molecule has 19 heavy (non-hydrogen) atoms. The van der Waals surface area contributed by atoms with Crippen LogP contribution < -0.4 is 0 Å². The first-order chi connectivity index (χ1) is 9.16. The van der Waals surface area contributed by atoms with Gasteiger partial charge in [-0.05, 0) is 63.5 Å². The highest BCUT2D eigenvalue weighted by atomic mass is 28.4. The second kappa shape index (κ2) is 7.41. The average molecular weight is 280 g/mol. The minimum absolute atomic E-state index is 0.706. The van der Waals surface area contributed by atoms with Gasteiger partial charge in [0.05, 0.1) is 0 Å². The molecule has 3 heteroatoms. The molecule has 2 aliphatic carbocycles. The van der Waals surface area contributed by atoms with Gasteiger partial charge in [-0.15, -0.1) is 0 Å². The van der Waals surface area contributed by atoms with E-state index in [9.17, 15) is 0 Å². The fraction of sp³-hybridized carbons (Fsp3) is 0.750. The van der Waals surface area contributed by atoms with Crippen molar-refractivity contribution < 1.29 is 8.85 Å². The lowest BCUT2D eigenvalue weighted by Gasteiger charge is -2.29. The topological polar surface area (TPSA) is 18.5 Å². The molecule has 2 nitrogen and oxygen atoms in total. The van der Waals surface area contributed by atoms with E-state index in [0.29, 0.717) is 11.8 Å². The number of hydrogen-bond donors (Lipinski definition) is 0. The zero-order chi connectivity index (χ0) is 13.6. The Morgan fingerprint density at radius 2 is 1.32 bits per heavy atom. The van der Waals surface area contributed by atoms with Gasteiger partial charge in [0.1, 0.15) is 0 Å². The summed E-state index contributed by atoms with van der Waals surface area (Å²) in [5.74, 6) is 1.41. The van der Waals surface area contributed by atoms with E-state index in [1.165, 1.54) is 38.5 Å². The molecule has 2 atom stereocenters. The standard InChI is InChI=1S/C16H28O2Si/c1-19(2,17-13-15-9-5-3-6-10-15)18-14-16-11-7-4-8-12-16/h3-5,7,15-16H,6,8-14H2,1-2H3/t15-,16-/m0/s1. The van der Waals surface area contributed by atoms with Crippen LogP contribution in [0.4, 0.5) is 0 Å². The molecule has 0 saturated carbocycles. The molecule has 0 aliphatic heterocycles. The summed E-state index contributed by atoms with van der Waals surface area (Å²) in [7, 11) is -1.92. The first kappa shape index (κ1) is 15.0. The lowest BCUT2D eigenvalue weighted by molar-refractivity contribution is 0.130. The first-order valence-corrected chi connectivity index (χ1v) is 10.6. The van der Waals surface area contributed by atoms with E-state index in [1.807, 2.05) is 0 Å². The van der Waals surface area contributed by atoms with Gasteiger partial charge in [0, 0.05) is 13.2 Å². The van der Waals surface area contributed by atoms with Gasteiger partial charge >= 0.3 is 8.56 Å². The van der Waals surface area contributed by atoms with E-state index in [0.717, 1.165) is 13.2 Å². The highest BCUT2D eigenvalue weighted by Crippen LogP contribution is 2.23. The molecular formula is C16H28O2Si. The summed E-state index contributed by atoms with van der Waals surface area (Å²) in [5, 5.41) is 0. The minimum Gasteiger partial charge on any atom is -0.394 e. The van der Waals surface area contributed by atoms with Crippen LogP contribution in [-0.4, -0.2) is 21.8 Å². The van der Waals surface area contributed by atoms with Crippen molar-refractivity contribution in [2.24, 2.45) is 11.8 Å². The van der Waals surface area contributed by atoms with Crippen LogP contribution in [0.3, 0.4) is 0 Å². The van der Waals surface area contributed by atoms with Gasteiger partial charge in [0.15, 0.2) is 0 Å². The lowest BCUT2D eigenvalue weighted by Crippen LogP contribution is -2.38. The van der Waals surface area contributed by atoms with Crippen LogP contribution in [0.15, 0.2) is 24.3 Å². The van der Waals surface area contributed by atoms with Crippen molar-refractivity contribution in [1.29, 1.82) is 0 Å². The highest BCUT2D eigenvalue weighted by molar-refractivity contribution is 6.64. The van der Waals surface area contributed by atoms with Crippen molar-refractivity contribution in [2.75, 3.05) is 13.2 Å². The van der Waals surface area contributed by atoms with Crippen molar-refractivity contribution in [3.8, 4) is 0 Å². The number of hydrogen-bond acceptors (Lipinski definition) is 2. The minimum atomic E-state index is -1.92. The molecule has 0 amide bonds. The largest absolute Gasteiger partial charge is 0.394 e. The lowest BCUT2D eigenvalue weighted by atomic mass is 9.96. The molecule has 0 aromatic rings. The maximum Gasteiger partial charge on any atom is 0.331 e. The van der Waals surface area contributed by atoms with Crippen molar-refractivity contribution in [2.45, 2.75) is 51.6 Å². The van der Waals surface area contributed by atoms with Crippen LogP contribution in [0.1, 0.15) is 38.5 Å². The summed E-state index contributed by atoms with van der Waals surface area (Å²) in [4.78, 5) is 0. The van der Waals surface area contributed by atoms with E-state index in [-0.39, 0.29) is 0 Å². The van der Waals surface area contributed by atoms with Gasteiger partial charge < -0.3 is 8.85 Å². The third kappa shape index (κ3) is 5.63. The van der Waals surface area contributed by atoms with Gasteiger partial charge in [0.25, 0.3) is 0 Å². The molecule has 0 unspecified atom stereocenters. The van der Waals surface area contributed by atoms with E-state index < -0.39 is 8.56 Å².